The minimum atomic E-state index is 0.101. The highest BCUT2D eigenvalue weighted by atomic mass is 35.5. The average Bonchev–Trinajstić information content (AvgIpc) is 2.37. The van der Waals surface area contributed by atoms with Crippen LogP contribution in [0.3, 0.4) is 0 Å². The van der Waals surface area contributed by atoms with Crippen LogP contribution in [-0.2, 0) is 6.42 Å². The van der Waals surface area contributed by atoms with Gasteiger partial charge in [0.1, 0.15) is 5.82 Å². The third-order valence-corrected chi connectivity index (χ3v) is 3.02. The van der Waals surface area contributed by atoms with E-state index in [9.17, 15) is 0 Å². The van der Waals surface area contributed by atoms with Crippen molar-refractivity contribution in [2.24, 2.45) is 0 Å². The molecule has 3 nitrogen and oxygen atoms in total. The molecule has 0 saturated carbocycles. The predicted molar refractivity (Wildman–Crippen MR) is 73.7 cm³/mol. The van der Waals surface area contributed by atoms with E-state index < -0.39 is 0 Å². The Balaban J connectivity index is 2.17. The highest BCUT2D eigenvalue weighted by Crippen LogP contribution is 2.17. The molecule has 1 heterocycles. The summed E-state index contributed by atoms with van der Waals surface area (Å²) in [6, 6.07) is 7.97. The van der Waals surface area contributed by atoms with Crippen LogP contribution in [0.1, 0.15) is 23.0 Å². The van der Waals surface area contributed by atoms with Crippen LogP contribution in [0.4, 0.5) is 0 Å². The van der Waals surface area contributed by atoms with Crippen molar-refractivity contribution < 1.29 is 0 Å². The summed E-state index contributed by atoms with van der Waals surface area (Å²) in [5.74, 6) is 0.808. The fourth-order valence-electron chi connectivity index (χ4n) is 1.80. The summed E-state index contributed by atoms with van der Waals surface area (Å²) >= 11 is 5.99. The molecule has 94 valence electrons. The van der Waals surface area contributed by atoms with Crippen molar-refractivity contribution in [2.75, 3.05) is 7.05 Å². The molecule has 0 radical (unpaired) electrons. The summed E-state index contributed by atoms with van der Waals surface area (Å²) in [5, 5.41) is 3.99. The van der Waals surface area contributed by atoms with Crippen LogP contribution in [0.5, 0.6) is 0 Å². The van der Waals surface area contributed by atoms with E-state index in [1.165, 1.54) is 5.56 Å². The van der Waals surface area contributed by atoms with Crippen LogP contribution in [0.25, 0.3) is 0 Å². The number of nitrogens with zero attached hydrogens (tertiary/aromatic N) is 2. The number of hydrogen-bond acceptors (Lipinski definition) is 3. The lowest BCUT2D eigenvalue weighted by Gasteiger charge is -2.14. The first-order valence-electron chi connectivity index (χ1n) is 5.89. The molecule has 18 heavy (non-hydrogen) atoms. The summed E-state index contributed by atoms with van der Waals surface area (Å²) < 4.78 is 0. The first-order chi connectivity index (χ1) is 8.69. The second kappa shape index (κ2) is 5.94. The molecule has 1 aromatic heterocycles. The maximum absolute atomic E-state index is 5.99. The molecular formula is C14H16ClN3. The zero-order valence-corrected chi connectivity index (χ0v) is 11.3. The largest absolute Gasteiger partial charge is 0.310 e. The Morgan fingerprint density at radius 3 is 2.61 bits per heavy atom. The number of benzene rings is 1. The summed E-state index contributed by atoms with van der Waals surface area (Å²) in [7, 11) is 1.92. The maximum atomic E-state index is 5.99. The smallest absolute Gasteiger partial charge is 0.145 e. The molecule has 2 aromatic rings. The monoisotopic (exact) mass is 261 g/mol. The third-order valence-electron chi connectivity index (χ3n) is 2.79. The van der Waals surface area contributed by atoms with Gasteiger partial charge in [0.15, 0.2) is 0 Å². The predicted octanol–water partition coefficient (Wildman–Crippen LogP) is 2.94. The Hall–Kier alpha value is -1.45. The van der Waals surface area contributed by atoms with Crippen molar-refractivity contribution in [2.45, 2.75) is 19.4 Å². The van der Waals surface area contributed by atoms with Gasteiger partial charge < -0.3 is 5.32 Å². The molecule has 1 unspecified atom stereocenters. The fourth-order valence-corrected chi connectivity index (χ4v) is 2.02. The quantitative estimate of drug-likeness (QED) is 0.920. The minimum Gasteiger partial charge on any atom is -0.310 e. The van der Waals surface area contributed by atoms with Gasteiger partial charge in [-0.2, -0.15) is 0 Å². The number of nitrogens with one attached hydrogen (secondary N) is 1. The van der Waals surface area contributed by atoms with Crippen LogP contribution in [0.15, 0.2) is 36.7 Å². The van der Waals surface area contributed by atoms with E-state index in [0.29, 0.717) is 0 Å². The van der Waals surface area contributed by atoms with Crippen molar-refractivity contribution in [3.63, 3.8) is 0 Å². The van der Waals surface area contributed by atoms with Crippen LogP contribution in [0.2, 0.25) is 5.02 Å². The third kappa shape index (κ3) is 3.28. The van der Waals surface area contributed by atoms with E-state index in [2.05, 4.69) is 21.4 Å². The second-order valence-corrected chi connectivity index (χ2v) is 4.73. The van der Waals surface area contributed by atoms with Crippen LogP contribution < -0.4 is 5.32 Å². The second-order valence-electron chi connectivity index (χ2n) is 4.29. The molecule has 0 aliphatic heterocycles. The molecule has 1 atom stereocenters. The fraction of sp³-hybridized carbons (Fsp3) is 0.286. The molecule has 0 aliphatic rings. The van der Waals surface area contributed by atoms with Gasteiger partial charge in [0.25, 0.3) is 0 Å². The van der Waals surface area contributed by atoms with Gasteiger partial charge in [-0.3, -0.25) is 0 Å². The molecule has 4 heteroatoms. The van der Waals surface area contributed by atoms with Gasteiger partial charge in [0, 0.05) is 17.4 Å². The van der Waals surface area contributed by atoms with Crippen LogP contribution in [-0.4, -0.2) is 17.0 Å². The Morgan fingerprint density at radius 2 is 2.00 bits per heavy atom. The van der Waals surface area contributed by atoms with Gasteiger partial charge in [0.05, 0.1) is 6.04 Å². The van der Waals surface area contributed by atoms with Gasteiger partial charge in [0.2, 0.25) is 0 Å². The molecular weight excluding hydrogens is 246 g/mol. The van der Waals surface area contributed by atoms with Crippen molar-refractivity contribution in [1.82, 2.24) is 15.3 Å². The van der Waals surface area contributed by atoms with Gasteiger partial charge in [-0.25, -0.2) is 9.97 Å². The molecule has 1 aromatic carbocycles. The van der Waals surface area contributed by atoms with Crippen molar-refractivity contribution >= 4 is 11.6 Å². The van der Waals surface area contributed by atoms with Gasteiger partial charge in [-0.15, -0.1) is 0 Å². The molecule has 0 saturated heterocycles. The first kappa shape index (κ1) is 13.0. The lowest BCUT2D eigenvalue weighted by molar-refractivity contribution is 0.556. The normalized spacial score (nSPS) is 12.4. The Kier molecular flexibility index (Phi) is 4.28. The van der Waals surface area contributed by atoms with Crippen molar-refractivity contribution in [3.8, 4) is 0 Å². The van der Waals surface area contributed by atoms with Crippen LogP contribution in [0, 0.1) is 6.92 Å². The Labute approximate surface area is 112 Å². The van der Waals surface area contributed by atoms with E-state index in [-0.39, 0.29) is 6.04 Å². The highest BCUT2D eigenvalue weighted by Gasteiger charge is 2.12. The summed E-state index contributed by atoms with van der Waals surface area (Å²) in [5.41, 5.74) is 2.24. The molecule has 0 spiro atoms. The van der Waals surface area contributed by atoms with Gasteiger partial charge in [-0.1, -0.05) is 23.7 Å². The Bertz CT molecular complexity index is 511. The first-order valence-corrected chi connectivity index (χ1v) is 6.27. The molecule has 2 rings (SSSR count). The number of aryl methyl sites for hydroxylation is 1. The van der Waals surface area contributed by atoms with Crippen LogP contribution >= 0.6 is 11.6 Å². The van der Waals surface area contributed by atoms with Crippen molar-refractivity contribution in [1.29, 1.82) is 0 Å². The van der Waals surface area contributed by atoms with Gasteiger partial charge in [-0.05, 0) is 43.7 Å². The lowest BCUT2D eigenvalue weighted by Crippen LogP contribution is -2.21. The topological polar surface area (TPSA) is 37.8 Å². The Morgan fingerprint density at radius 1 is 1.28 bits per heavy atom. The van der Waals surface area contributed by atoms with E-state index in [0.717, 1.165) is 22.8 Å². The number of aromatic nitrogens is 2. The maximum Gasteiger partial charge on any atom is 0.145 e. The summed E-state index contributed by atoms with van der Waals surface area (Å²) in [6.45, 7) is 1.98. The lowest BCUT2D eigenvalue weighted by atomic mass is 10.1. The van der Waals surface area contributed by atoms with E-state index in [4.69, 9.17) is 11.6 Å². The molecule has 0 bridgehead atoms. The summed E-state index contributed by atoms with van der Waals surface area (Å²) in [4.78, 5) is 8.72. The number of rotatable bonds is 4. The zero-order valence-electron chi connectivity index (χ0n) is 10.5. The van der Waals surface area contributed by atoms with Gasteiger partial charge >= 0.3 is 0 Å². The average molecular weight is 262 g/mol. The summed E-state index contributed by atoms with van der Waals surface area (Å²) in [6.07, 6.45) is 4.50. The number of halogens is 1. The van der Waals surface area contributed by atoms with E-state index in [1.807, 2.05) is 44.6 Å². The molecule has 0 fully saturated rings. The minimum absolute atomic E-state index is 0.101. The molecule has 0 amide bonds. The molecule has 0 aliphatic carbocycles. The highest BCUT2D eigenvalue weighted by molar-refractivity contribution is 6.30. The number of hydrogen-bond donors (Lipinski definition) is 1. The number of likely N-dealkylation sites (N-methyl/N-ethyl adjacent to an activating group) is 1. The molecule has 1 N–H and O–H groups in total. The van der Waals surface area contributed by atoms with Crippen molar-refractivity contribution in [3.05, 3.63) is 58.6 Å². The van der Waals surface area contributed by atoms with E-state index in [1.54, 1.807) is 0 Å². The van der Waals surface area contributed by atoms with E-state index >= 15 is 0 Å². The standard InChI is InChI=1S/C14H16ClN3/c1-10-8-17-14(18-9-10)13(16-2)7-11-4-3-5-12(15)6-11/h3-6,8-9,13,16H,7H2,1-2H3. The SMILES string of the molecule is CNC(Cc1cccc(Cl)c1)c1ncc(C)cn1. The zero-order chi connectivity index (χ0) is 13.0.